The van der Waals surface area contributed by atoms with E-state index < -0.39 is 0 Å². The van der Waals surface area contributed by atoms with Crippen LogP contribution in [-0.4, -0.2) is 48.8 Å². The highest BCUT2D eigenvalue weighted by Crippen LogP contribution is 2.08. The molecule has 0 saturated carbocycles. The first-order valence-electron chi connectivity index (χ1n) is 5.42. The summed E-state index contributed by atoms with van der Waals surface area (Å²) >= 11 is 0. The Bertz CT molecular complexity index is 183. The molecule has 0 bridgehead atoms. The van der Waals surface area contributed by atoms with Crippen LogP contribution < -0.4 is 0 Å². The number of nitrogens with zero attached hydrogens (tertiary/aromatic N) is 1. The molecule has 4 nitrogen and oxygen atoms in total. The zero-order valence-corrected chi connectivity index (χ0v) is 10.2. The predicted octanol–water partition coefficient (Wildman–Crippen LogP) is 0.888. The second kappa shape index (κ2) is 7.65. The van der Waals surface area contributed by atoms with Crippen LogP contribution in [0.1, 0.15) is 27.2 Å². The van der Waals surface area contributed by atoms with Crippen LogP contribution in [0.2, 0.25) is 0 Å². The minimum absolute atomic E-state index is 0.0164. The lowest BCUT2D eigenvalue weighted by molar-refractivity contribution is -0.134. The molecule has 0 aromatic carbocycles. The van der Waals surface area contributed by atoms with Crippen molar-refractivity contribution in [1.82, 2.24) is 4.90 Å². The standard InChI is InChI=1S/C11H23NO3/c1-9(2)12(5-6-13)11(14)7-10(3)8-15-4/h9-10,13H,5-8H2,1-4H3. The van der Waals surface area contributed by atoms with E-state index in [1.54, 1.807) is 12.0 Å². The largest absolute Gasteiger partial charge is 0.395 e. The molecule has 0 saturated heterocycles. The maximum Gasteiger partial charge on any atom is 0.223 e. The third-order valence-corrected chi connectivity index (χ3v) is 2.26. The highest BCUT2D eigenvalue weighted by Gasteiger charge is 2.18. The van der Waals surface area contributed by atoms with Crippen molar-refractivity contribution >= 4 is 5.91 Å². The minimum Gasteiger partial charge on any atom is -0.395 e. The number of hydrogen-bond donors (Lipinski definition) is 1. The molecule has 0 aliphatic carbocycles. The number of rotatable bonds is 7. The molecule has 1 amide bonds. The van der Waals surface area contributed by atoms with Crippen LogP contribution in [0.4, 0.5) is 0 Å². The number of methoxy groups -OCH3 is 1. The van der Waals surface area contributed by atoms with Gasteiger partial charge in [-0.3, -0.25) is 4.79 Å². The minimum atomic E-state index is 0.0164. The fourth-order valence-corrected chi connectivity index (χ4v) is 1.54. The van der Waals surface area contributed by atoms with Crippen molar-refractivity contribution in [2.75, 3.05) is 26.9 Å². The molecule has 0 fully saturated rings. The van der Waals surface area contributed by atoms with Gasteiger partial charge < -0.3 is 14.7 Å². The maximum atomic E-state index is 11.8. The number of carbonyl (C=O) groups is 1. The van der Waals surface area contributed by atoms with Crippen molar-refractivity contribution in [3.8, 4) is 0 Å². The van der Waals surface area contributed by atoms with Crippen LogP contribution >= 0.6 is 0 Å². The maximum absolute atomic E-state index is 11.8. The molecule has 0 rings (SSSR count). The Morgan fingerprint density at radius 1 is 1.40 bits per heavy atom. The molecule has 15 heavy (non-hydrogen) atoms. The molecule has 0 aliphatic rings. The topological polar surface area (TPSA) is 49.8 Å². The predicted molar refractivity (Wildman–Crippen MR) is 59.6 cm³/mol. The molecular weight excluding hydrogens is 194 g/mol. The Balaban J connectivity index is 4.13. The summed E-state index contributed by atoms with van der Waals surface area (Å²) < 4.78 is 4.98. The van der Waals surface area contributed by atoms with Crippen molar-refractivity contribution in [3.05, 3.63) is 0 Å². The van der Waals surface area contributed by atoms with Gasteiger partial charge in [-0.25, -0.2) is 0 Å². The summed E-state index contributed by atoms with van der Waals surface area (Å²) in [5.74, 6) is 0.311. The number of ether oxygens (including phenoxy) is 1. The number of amides is 1. The molecule has 1 unspecified atom stereocenters. The van der Waals surface area contributed by atoms with Gasteiger partial charge in [0.05, 0.1) is 6.61 Å². The normalized spacial score (nSPS) is 12.9. The summed E-state index contributed by atoms with van der Waals surface area (Å²) in [5.41, 5.74) is 0. The van der Waals surface area contributed by atoms with E-state index in [9.17, 15) is 4.79 Å². The van der Waals surface area contributed by atoms with E-state index in [2.05, 4.69) is 0 Å². The lowest BCUT2D eigenvalue weighted by atomic mass is 10.1. The van der Waals surface area contributed by atoms with Gasteiger partial charge in [0.25, 0.3) is 0 Å². The molecule has 0 aliphatic heterocycles. The fourth-order valence-electron chi connectivity index (χ4n) is 1.54. The zero-order chi connectivity index (χ0) is 11.8. The number of carbonyl (C=O) groups excluding carboxylic acids is 1. The third-order valence-electron chi connectivity index (χ3n) is 2.26. The van der Waals surface area contributed by atoms with Crippen LogP contribution in [-0.2, 0) is 9.53 Å². The van der Waals surface area contributed by atoms with Crippen molar-refractivity contribution in [1.29, 1.82) is 0 Å². The van der Waals surface area contributed by atoms with Gasteiger partial charge in [0.15, 0.2) is 0 Å². The third kappa shape index (κ3) is 5.74. The van der Waals surface area contributed by atoms with E-state index in [-0.39, 0.29) is 24.5 Å². The first-order valence-corrected chi connectivity index (χ1v) is 5.42. The Morgan fingerprint density at radius 3 is 2.40 bits per heavy atom. The summed E-state index contributed by atoms with van der Waals surface area (Å²) in [6, 6.07) is 0.138. The summed E-state index contributed by atoms with van der Waals surface area (Å²) in [6.45, 7) is 6.91. The van der Waals surface area contributed by atoms with Crippen LogP contribution in [0.15, 0.2) is 0 Å². The van der Waals surface area contributed by atoms with E-state index in [1.807, 2.05) is 20.8 Å². The number of aliphatic hydroxyl groups excluding tert-OH is 1. The first kappa shape index (κ1) is 14.4. The Morgan fingerprint density at radius 2 is 2.00 bits per heavy atom. The highest BCUT2D eigenvalue weighted by atomic mass is 16.5. The van der Waals surface area contributed by atoms with Crippen molar-refractivity contribution in [3.63, 3.8) is 0 Å². The Hall–Kier alpha value is -0.610. The number of hydrogen-bond acceptors (Lipinski definition) is 3. The second-order valence-corrected chi connectivity index (χ2v) is 4.17. The smallest absolute Gasteiger partial charge is 0.223 e. The molecule has 1 N–H and O–H groups in total. The van der Waals surface area contributed by atoms with Gasteiger partial charge in [0.2, 0.25) is 5.91 Å². The molecule has 90 valence electrons. The van der Waals surface area contributed by atoms with Crippen LogP contribution in [0.5, 0.6) is 0 Å². The van der Waals surface area contributed by atoms with E-state index >= 15 is 0 Å². The van der Waals surface area contributed by atoms with Gasteiger partial charge >= 0.3 is 0 Å². The molecule has 0 heterocycles. The first-order chi connectivity index (χ1) is 7.02. The summed E-state index contributed by atoms with van der Waals surface area (Å²) in [4.78, 5) is 13.5. The molecule has 1 atom stereocenters. The van der Waals surface area contributed by atoms with Gasteiger partial charge in [0, 0.05) is 32.7 Å². The average Bonchev–Trinajstić information content (AvgIpc) is 2.13. The molecule has 4 heteroatoms. The number of aliphatic hydroxyl groups is 1. The molecular formula is C11H23NO3. The van der Waals surface area contributed by atoms with Crippen LogP contribution in [0.25, 0.3) is 0 Å². The van der Waals surface area contributed by atoms with E-state index in [0.29, 0.717) is 19.6 Å². The fraction of sp³-hybridized carbons (Fsp3) is 0.909. The SMILES string of the molecule is COCC(C)CC(=O)N(CCO)C(C)C. The lowest BCUT2D eigenvalue weighted by Gasteiger charge is -2.27. The summed E-state index contributed by atoms with van der Waals surface area (Å²) in [6.07, 6.45) is 0.478. The van der Waals surface area contributed by atoms with Crippen molar-refractivity contribution in [2.45, 2.75) is 33.2 Å². The monoisotopic (exact) mass is 217 g/mol. The Labute approximate surface area is 92.2 Å². The van der Waals surface area contributed by atoms with E-state index in [4.69, 9.17) is 9.84 Å². The zero-order valence-electron chi connectivity index (χ0n) is 10.2. The highest BCUT2D eigenvalue weighted by molar-refractivity contribution is 5.76. The molecule has 0 aromatic heterocycles. The van der Waals surface area contributed by atoms with Gasteiger partial charge in [-0.1, -0.05) is 6.92 Å². The molecule has 0 radical (unpaired) electrons. The van der Waals surface area contributed by atoms with E-state index in [0.717, 1.165) is 0 Å². The lowest BCUT2D eigenvalue weighted by Crippen LogP contribution is -2.39. The Kier molecular flexibility index (Phi) is 7.34. The quantitative estimate of drug-likeness (QED) is 0.689. The van der Waals surface area contributed by atoms with Crippen molar-refractivity contribution < 1.29 is 14.6 Å². The van der Waals surface area contributed by atoms with Crippen LogP contribution in [0.3, 0.4) is 0 Å². The van der Waals surface area contributed by atoms with Gasteiger partial charge in [-0.2, -0.15) is 0 Å². The van der Waals surface area contributed by atoms with Gasteiger partial charge in [-0.15, -0.1) is 0 Å². The summed E-state index contributed by atoms with van der Waals surface area (Å²) in [7, 11) is 1.63. The second-order valence-electron chi connectivity index (χ2n) is 4.17. The van der Waals surface area contributed by atoms with Crippen LogP contribution in [0, 0.1) is 5.92 Å². The molecule has 0 spiro atoms. The van der Waals surface area contributed by atoms with Crippen molar-refractivity contribution in [2.24, 2.45) is 5.92 Å². The van der Waals surface area contributed by atoms with E-state index in [1.165, 1.54) is 0 Å². The average molecular weight is 217 g/mol. The van der Waals surface area contributed by atoms with Gasteiger partial charge in [0.1, 0.15) is 0 Å². The van der Waals surface area contributed by atoms with Gasteiger partial charge in [-0.05, 0) is 19.8 Å². The molecule has 0 aromatic rings. The summed E-state index contributed by atoms with van der Waals surface area (Å²) in [5, 5.41) is 8.85.